The Morgan fingerprint density at radius 1 is 1.03 bits per heavy atom. The van der Waals surface area contributed by atoms with Crippen LogP contribution >= 0.6 is 0 Å². The van der Waals surface area contributed by atoms with Crippen LogP contribution in [-0.2, 0) is 6.54 Å². The predicted molar refractivity (Wildman–Crippen MR) is 120 cm³/mol. The Bertz CT molecular complexity index is 1150. The maximum Gasteiger partial charge on any atom is 0.261 e. The predicted octanol–water partition coefficient (Wildman–Crippen LogP) is 2.72. The summed E-state index contributed by atoms with van der Waals surface area (Å²) < 4.78 is 7.45. The molecule has 4 aromatic heterocycles. The van der Waals surface area contributed by atoms with Crippen molar-refractivity contribution in [2.24, 2.45) is 5.92 Å². The van der Waals surface area contributed by atoms with E-state index in [4.69, 9.17) is 10.3 Å². The number of pyridine rings is 1. The van der Waals surface area contributed by atoms with E-state index in [1.165, 1.54) is 0 Å². The normalized spacial score (nSPS) is 12.6. The molecule has 0 fully saturated rings. The molecule has 10 nitrogen and oxygen atoms in total. The van der Waals surface area contributed by atoms with Crippen LogP contribution in [0.25, 0.3) is 22.7 Å². The summed E-state index contributed by atoms with van der Waals surface area (Å²) >= 11 is 0. The third-order valence-electron chi connectivity index (χ3n) is 5.16. The molecule has 32 heavy (non-hydrogen) atoms. The van der Waals surface area contributed by atoms with Gasteiger partial charge in [0.15, 0.2) is 5.82 Å². The summed E-state index contributed by atoms with van der Waals surface area (Å²) in [5, 5.41) is 8.66. The summed E-state index contributed by atoms with van der Waals surface area (Å²) in [6, 6.07) is 3.97. The van der Waals surface area contributed by atoms with Gasteiger partial charge in [0.1, 0.15) is 0 Å². The van der Waals surface area contributed by atoms with Crippen molar-refractivity contribution in [3.63, 3.8) is 0 Å². The SMILES string of the molecule is CC(C)C(c1ccc(-c2cnc(N)nc2)nc1)c1noc(-c2cnn(CCN(C)C)c2)n1. The summed E-state index contributed by atoms with van der Waals surface area (Å²) in [4.78, 5) is 19.4. The number of nitrogens with zero attached hydrogens (tertiary/aromatic N) is 8. The lowest BCUT2D eigenvalue weighted by Gasteiger charge is -2.17. The number of hydrogen-bond donors (Lipinski definition) is 1. The second kappa shape index (κ2) is 9.23. The van der Waals surface area contributed by atoms with Gasteiger partial charge in [-0.05, 0) is 31.6 Å². The Kier molecular flexibility index (Phi) is 6.22. The molecule has 0 aliphatic rings. The molecular weight excluding hydrogens is 406 g/mol. The molecular formula is C22H27N9O. The summed E-state index contributed by atoms with van der Waals surface area (Å²) in [6.45, 7) is 5.94. The van der Waals surface area contributed by atoms with Gasteiger partial charge in [0.2, 0.25) is 5.95 Å². The Hall–Kier alpha value is -3.66. The van der Waals surface area contributed by atoms with E-state index in [9.17, 15) is 0 Å². The Balaban J connectivity index is 1.55. The standard InChI is InChI=1S/C22H27N9O/c1-14(2)19(15-5-6-18(24-9-15)16-10-25-22(23)26-11-16)20-28-21(32-29-20)17-12-27-31(13-17)8-7-30(3)4/h5-6,9-14,19H,7-8H2,1-4H3,(H2,23,25,26). The van der Waals surface area contributed by atoms with Crippen LogP contribution in [0.5, 0.6) is 0 Å². The van der Waals surface area contributed by atoms with Crippen molar-refractivity contribution < 1.29 is 4.52 Å². The van der Waals surface area contributed by atoms with Gasteiger partial charge in [0, 0.05) is 36.9 Å². The van der Waals surface area contributed by atoms with Crippen molar-refractivity contribution >= 4 is 5.95 Å². The van der Waals surface area contributed by atoms with E-state index in [-0.39, 0.29) is 17.8 Å². The highest BCUT2D eigenvalue weighted by Gasteiger charge is 2.25. The molecule has 4 aromatic rings. The highest BCUT2D eigenvalue weighted by atomic mass is 16.5. The fourth-order valence-corrected chi connectivity index (χ4v) is 3.44. The summed E-state index contributed by atoms with van der Waals surface area (Å²) in [6.07, 6.45) is 8.84. The van der Waals surface area contributed by atoms with Gasteiger partial charge in [-0.3, -0.25) is 9.67 Å². The number of likely N-dealkylation sites (N-methyl/N-ethyl adjacent to an activating group) is 1. The van der Waals surface area contributed by atoms with E-state index in [0.717, 1.165) is 35.5 Å². The number of nitrogens with two attached hydrogens (primary N) is 1. The molecule has 1 atom stereocenters. The summed E-state index contributed by atoms with van der Waals surface area (Å²) in [5.41, 5.74) is 8.96. The van der Waals surface area contributed by atoms with Gasteiger partial charge in [-0.15, -0.1) is 0 Å². The van der Waals surface area contributed by atoms with Crippen molar-refractivity contribution in [2.45, 2.75) is 26.3 Å². The van der Waals surface area contributed by atoms with Gasteiger partial charge in [-0.2, -0.15) is 10.1 Å². The first kappa shape index (κ1) is 21.6. The quantitative estimate of drug-likeness (QED) is 0.446. The lowest BCUT2D eigenvalue weighted by molar-refractivity contribution is 0.373. The highest BCUT2D eigenvalue weighted by Crippen LogP contribution is 2.32. The number of nitrogen functional groups attached to an aromatic ring is 1. The van der Waals surface area contributed by atoms with Crippen LogP contribution in [0.2, 0.25) is 0 Å². The van der Waals surface area contributed by atoms with Crippen LogP contribution in [0.3, 0.4) is 0 Å². The first-order valence-corrected chi connectivity index (χ1v) is 10.5. The topological polar surface area (TPSA) is 125 Å². The Labute approximate surface area is 186 Å². The zero-order chi connectivity index (χ0) is 22.7. The average Bonchev–Trinajstić information content (AvgIpc) is 3.43. The first-order valence-electron chi connectivity index (χ1n) is 10.5. The van der Waals surface area contributed by atoms with E-state index in [0.29, 0.717) is 11.7 Å². The molecule has 1 unspecified atom stereocenters. The van der Waals surface area contributed by atoms with E-state index < -0.39 is 0 Å². The molecule has 0 saturated carbocycles. The molecule has 4 heterocycles. The van der Waals surface area contributed by atoms with Crippen molar-refractivity contribution in [2.75, 3.05) is 26.4 Å². The second-order valence-corrected chi connectivity index (χ2v) is 8.28. The van der Waals surface area contributed by atoms with Crippen LogP contribution in [0.15, 0.2) is 47.6 Å². The van der Waals surface area contributed by atoms with Gasteiger partial charge in [0.05, 0.1) is 29.9 Å². The van der Waals surface area contributed by atoms with Crippen molar-refractivity contribution in [1.82, 2.24) is 39.8 Å². The van der Waals surface area contributed by atoms with Gasteiger partial charge in [0.25, 0.3) is 5.89 Å². The van der Waals surface area contributed by atoms with E-state index >= 15 is 0 Å². The maximum absolute atomic E-state index is 5.57. The van der Waals surface area contributed by atoms with E-state index in [1.54, 1.807) is 18.6 Å². The molecule has 0 aromatic carbocycles. The number of hydrogen-bond acceptors (Lipinski definition) is 9. The third-order valence-corrected chi connectivity index (χ3v) is 5.16. The lowest BCUT2D eigenvalue weighted by atomic mass is 9.88. The fourth-order valence-electron chi connectivity index (χ4n) is 3.44. The highest BCUT2D eigenvalue weighted by molar-refractivity contribution is 5.57. The Morgan fingerprint density at radius 3 is 2.47 bits per heavy atom. The molecule has 0 aliphatic carbocycles. The van der Waals surface area contributed by atoms with Crippen LogP contribution in [0, 0.1) is 5.92 Å². The molecule has 0 spiro atoms. The zero-order valence-corrected chi connectivity index (χ0v) is 18.7. The number of rotatable bonds is 8. The number of anilines is 1. The van der Waals surface area contributed by atoms with Crippen LogP contribution in [0.4, 0.5) is 5.95 Å². The smallest absolute Gasteiger partial charge is 0.261 e. The van der Waals surface area contributed by atoms with Gasteiger partial charge in [-0.25, -0.2) is 9.97 Å². The average molecular weight is 434 g/mol. The van der Waals surface area contributed by atoms with Gasteiger partial charge >= 0.3 is 0 Å². The van der Waals surface area contributed by atoms with E-state index in [2.05, 4.69) is 48.9 Å². The van der Waals surface area contributed by atoms with Crippen LogP contribution < -0.4 is 5.73 Å². The van der Waals surface area contributed by atoms with Gasteiger partial charge < -0.3 is 15.2 Å². The maximum atomic E-state index is 5.57. The molecule has 2 N–H and O–H groups in total. The zero-order valence-electron chi connectivity index (χ0n) is 18.7. The minimum atomic E-state index is -0.0551. The Morgan fingerprint density at radius 2 is 1.81 bits per heavy atom. The van der Waals surface area contributed by atoms with Crippen molar-refractivity contribution in [1.29, 1.82) is 0 Å². The van der Waals surface area contributed by atoms with Crippen LogP contribution in [-0.4, -0.2) is 60.4 Å². The summed E-state index contributed by atoms with van der Waals surface area (Å²) in [5.74, 6) is 1.52. The van der Waals surface area contributed by atoms with Crippen LogP contribution in [0.1, 0.15) is 31.2 Å². The number of aromatic nitrogens is 7. The molecule has 0 amide bonds. The van der Waals surface area contributed by atoms with E-state index in [1.807, 2.05) is 43.3 Å². The first-order chi connectivity index (χ1) is 15.4. The minimum absolute atomic E-state index is 0.0551. The van der Waals surface area contributed by atoms with Gasteiger partial charge in [-0.1, -0.05) is 25.1 Å². The largest absolute Gasteiger partial charge is 0.368 e. The third kappa shape index (κ3) is 4.80. The second-order valence-electron chi connectivity index (χ2n) is 8.28. The molecule has 0 radical (unpaired) electrons. The lowest BCUT2D eigenvalue weighted by Crippen LogP contribution is -2.18. The summed E-state index contributed by atoms with van der Waals surface area (Å²) in [7, 11) is 4.07. The van der Waals surface area contributed by atoms with Crippen molar-refractivity contribution in [3.05, 3.63) is 54.5 Å². The fraction of sp³-hybridized carbons (Fsp3) is 0.364. The molecule has 4 rings (SSSR count). The molecule has 0 bridgehead atoms. The minimum Gasteiger partial charge on any atom is -0.368 e. The monoisotopic (exact) mass is 433 g/mol. The molecule has 10 heteroatoms. The molecule has 0 saturated heterocycles. The molecule has 166 valence electrons. The van der Waals surface area contributed by atoms with Crippen molar-refractivity contribution in [3.8, 4) is 22.7 Å². The molecule has 0 aliphatic heterocycles.